The number of anilines is 1. The lowest BCUT2D eigenvalue weighted by molar-refractivity contribution is -0.126. The third-order valence-corrected chi connectivity index (χ3v) is 8.18. The van der Waals surface area contributed by atoms with E-state index in [4.69, 9.17) is 14.2 Å². The van der Waals surface area contributed by atoms with Crippen LogP contribution in [0.15, 0.2) is 48.8 Å². The lowest BCUT2D eigenvalue weighted by Gasteiger charge is -2.36. The second-order valence-electron chi connectivity index (χ2n) is 13.7. The molecule has 0 spiro atoms. The van der Waals surface area contributed by atoms with Crippen LogP contribution < -0.4 is 10.2 Å². The van der Waals surface area contributed by atoms with E-state index in [2.05, 4.69) is 43.2 Å². The zero-order chi connectivity index (χ0) is 31.2. The van der Waals surface area contributed by atoms with E-state index in [1.807, 2.05) is 45.0 Å². The lowest BCUT2D eigenvalue weighted by Crippen LogP contribution is -2.51. The third kappa shape index (κ3) is 8.77. The standard InChI is InChI=1S/C34H50N4O5/c1-33(2,3)25-15-17-27(18-16-25)38(30(39)29-20-28(41-7)22-37(29)32(40)43-34(4,5)6)31(24-12-11-19-35-21-24)42-23-36-26-13-9-8-10-14-26/h11-12,15-19,21,26,28-29,31,36H,8-10,13-14,20,22-23H2,1-7H3/t28-,29-,31?/m1/s1. The van der Waals surface area contributed by atoms with Crippen molar-refractivity contribution in [1.29, 1.82) is 0 Å². The molecule has 3 atom stereocenters. The van der Waals surface area contributed by atoms with Gasteiger partial charge in [0, 0.05) is 43.2 Å². The Morgan fingerprint density at radius 1 is 1.05 bits per heavy atom. The number of hydrogen-bond donors (Lipinski definition) is 1. The molecule has 1 aliphatic heterocycles. The van der Waals surface area contributed by atoms with E-state index in [0.29, 0.717) is 18.2 Å². The van der Waals surface area contributed by atoms with Crippen LogP contribution in [0.5, 0.6) is 0 Å². The Bertz CT molecular complexity index is 1190. The number of nitrogens with zero attached hydrogens (tertiary/aromatic N) is 3. The van der Waals surface area contributed by atoms with Crippen LogP contribution in [-0.2, 0) is 24.4 Å². The van der Waals surface area contributed by atoms with Gasteiger partial charge in [-0.3, -0.25) is 24.9 Å². The molecule has 1 aromatic heterocycles. The van der Waals surface area contributed by atoms with Gasteiger partial charge in [0.25, 0.3) is 5.91 Å². The van der Waals surface area contributed by atoms with Crippen molar-refractivity contribution < 1.29 is 23.8 Å². The number of ether oxygens (including phenoxy) is 3. The quantitative estimate of drug-likeness (QED) is 0.339. The summed E-state index contributed by atoms with van der Waals surface area (Å²) >= 11 is 0. The summed E-state index contributed by atoms with van der Waals surface area (Å²) in [6.07, 6.45) is 8.08. The maximum Gasteiger partial charge on any atom is 0.411 e. The average Bonchev–Trinajstić information content (AvgIpc) is 3.42. The van der Waals surface area contributed by atoms with Crippen molar-refractivity contribution in [2.24, 2.45) is 0 Å². The SMILES string of the molecule is CO[C@@H]1C[C@H](C(=O)N(c2ccc(C(C)(C)C)cc2)C(OCNC2CCCCC2)c2cccnc2)N(C(=O)OC(C)(C)C)C1. The highest BCUT2D eigenvalue weighted by Crippen LogP contribution is 2.34. The number of rotatable bonds is 9. The van der Waals surface area contributed by atoms with Crippen LogP contribution in [0, 0.1) is 0 Å². The zero-order valence-corrected chi connectivity index (χ0v) is 27.0. The summed E-state index contributed by atoms with van der Waals surface area (Å²) < 4.78 is 17.9. The molecular weight excluding hydrogens is 544 g/mol. The zero-order valence-electron chi connectivity index (χ0n) is 27.0. The Morgan fingerprint density at radius 2 is 1.74 bits per heavy atom. The Labute approximate surface area is 257 Å². The lowest BCUT2D eigenvalue weighted by atomic mass is 9.87. The minimum absolute atomic E-state index is 0.0544. The molecule has 2 aliphatic rings. The van der Waals surface area contributed by atoms with E-state index in [0.717, 1.165) is 24.0 Å². The number of amides is 2. The molecule has 4 rings (SSSR count). The summed E-state index contributed by atoms with van der Waals surface area (Å²) in [6.45, 7) is 12.5. The minimum atomic E-state index is -0.795. The van der Waals surface area contributed by atoms with Crippen LogP contribution >= 0.6 is 0 Å². The topological polar surface area (TPSA) is 93.2 Å². The number of nitrogens with one attached hydrogen (secondary N) is 1. The number of benzene rings is 1. The maximum atomic E-state index is 14.7. The Hall–Kier alpha value is -3.01. The summed E-state index contributed by atoms with van der Waals surface area (Å²) in [5.74, 6) is -0.263. The van der Waals surface area contributed by atoms with E-state index in [1.165, 1.54) is 24.2 Å². The molecule has 236 valence electrons. The highest BCUT2D eigenvalue weighted by atomic mass is 16.6. The first-order chi connectivity index (χ1) is 20.4. The number of likely N-dealkylation sites (tertiary alicyclic amines) is 1. The molecule has 1 saturated heterocycles. The first kappa shape index (κ1) is 32.9. The van der Waals surface area contributed by atoms with E-state index < -0.39 is 24.0 Å². The summed E-state index contributed by atoms with van der Waals surface area (Å²) in [4.78, 5) is 35.6. The molecule has 2 amide bonds. The molecule has 0 radical (unpaired) electrons. The number of methoxy groups -OCH3 is 1. The summed E-state index contributed by atoms with van der Waals surface area (Å²) in [5.41, 5.74) is 1.81. The van der Waals surface area contributed by atoms with Gasteiger partial charge in [-0.25, -0.2) is 4.79 Å². The molecule has 1 unspecified atom stereocenters. The van der Waals surface area contributed by atoms with Gasteiger partial charge in [-0.05, 0) is 62.8 Å². The average molecular weight is 595 g/mol. The summed E-state index contributed by atoms with van der Waals surface area (Å²) in [5, 5.41) is 3.55. The van der Waals surface area contributed by atoms with Gasteiger partial charge >= 0.3 is 6.09 Å². The highest BCUT2D eigenvalue weighted by Gasteiger charge is 2.45. The molecule has 2 heterocycles. The molecule has 2 fully saturated rings. The van der Waals surface area contributed by atoms with Crippen LogP contribution in [0.1, 0.15) is 97.4 Å². The molecule has 1 aromatic carbocycles. The van der Waals surface area contributed by atoms with Gasteiger partial charge in [0.1, 0.15) is 11.6 Å². The predicted molar refractivity (Wildman–Crippen MR) is 168 cm³/mol. The predicted octanol–water partition coefficient (Wildman–Crippen LogP) is 6.33. The second kappa shape index (κ2) is 14.2. The number of pyridine rings is 1. The van der Waals surface area contributed by atoms with Gasteiger partial charge in [-0.15, -0.1) is 0 Å². The maximum absolute atomic E-state index is 14.7. The highest BCUT2D eigenvalue weighted by molar-refractivity contribution is 5.99. The monoisotopic (exact) mass is 594 g/mol. The van der Waals surface area contributed by atoms with Crippen molar-refractivity contribution in [2.75, 3.05) is 25.3 Å². The molecule has 1 N–H and O–H groups in total. The van der Waals surface area contributed by atoms with Crippen LogP contribution in [0.2, 0.25) is 0 Å². The van der Waals surface area contributed by atoms with Crippen LogP contribution in [-0.4, -0.2) is 66.1 Å². The van der Waals surface area contributed by atoms with E-state index in [9.17, 15) is 9.59 Å². The van der Waals surface area contributed by atoms with Crippen LogP contribution in [0.4, 0.5) is 10.5 Å². The fourth-order valence-electron chi connectivity index (χ4n) is 5.78. The first-order valence-electron chi connectivity index (χ1n) is 15.6. The molecule has 9 heteroatoms. The van der Waals surface area contributed by atoms with E-state index in [1.54, 1.807) is 24.4 Å². The number of hydrogen-bond acceptors (Lipinski definition) is 7. The summed E-state index contributed by atoms with van der Waals surface area (Å²) in [7, 11) is 1.60. The smallest absolute Gasteiger partial charge is 0.411 e. The van der Waals surface area contributed by atoms with Crippen molar-refractivity contribution in [1.82, 2.24) is 15.2 Å². The van der Waals surface area contributed by atoms with Crippen LogP contribution in [0.3, 0.4) is 0 Å². The van der Waals surface area contributed by atoms with E-state index in [-0.39, 0.29) is 30.7 Å². The Balaban J connectivity index is 1.72. The number of aromatic nitrogens is 1. The molecule has 9 nitrogen and oxygen atoms in total. The van der Waals surface area contributed by atoms with Crippen molar-refractivity contribution in [2.45, 2.75) is 115 Å². The fourth-order valence-corrected chi connectivity index (χ4v) is 5.78. The Morgan fingerprint density at radius 3 is 2.33 bits per heavy atom. The van der Waals surface area contributed by atoms with Gasteiger partial charge in [0.2, 0.25) is 0 Å². The summed E-state index contributed by atoms with van der Waals surface area (Å²) in [6, 6.07) is 11.4. The molecular formula is C34H50N4O5. The van der Waals surface area contributed by atoms with Gasteiger partial charge in [0.05, 0.1) is 19.4 Å². The van der Waals surface area contributed by atoms with Gasteiger partial charge in [0.15, 0.2) is 6.23 Å². The molecule has 43 heavy (non-hydrogen) atoms. The largest absolute Gasteiger partial charge is 0.444 e. The van der Waals surface area contributed by atoms with Crippen LogP contribution in [0.25, 0.3) is 0 Å². The minimum Gasteiger partial charge on any atom is -0.444 e. The van der Waals surface area contributed by atoms with Gasteiger partial charge in [-0.1, -0.05) is 58.2 Å². The van der Waals surface area contributed by atoms with Gasteiger partial charge < -0.3 is 14.2 Å². The Kier molecular flexibility index (Phi) is 10.8. The molecule has 0 bridgehead atoms. The fraction of sp³-hybridized carbons (Fsp3) is 0.618. The number of carbonyl (C=O) groups is 2. The second-order valence-corrected chi connectivity index (χ2v) is 13.7. The molecule has 1 saturated carbocycles. The normalized spacial score (nSPS) is 20.6. The first-order valence-corrected chi connectivity index (χ1v) is 15.6. The van der Waals surface area contributed by atoms with E-state index >= 15 is 0 Å². The molecule has 2 aromatic rings. The van der Waals surface area contributed by atoms with Crippen molar-refractivity contribution in [3.63, 3.8) is 0 Å². The van der Waals surface area contributed by atoms with Crippen molar-refractivity contribution >= 4 is 17.7 Å². The van der Waals surface area contributed by atoms with Crippen molar-refractivity contribution in [3.05, 3.63) is 59.9 Å². The van der Waals surface area contributed by atoms with Crippen molar-refractivity contribution in [3.8, 4) is 0 Å². The number of carbonyl (C=O) groups excluding carboxylic acids is 2. The van der Waals surface area contributed by atoms with Gasteiger partial charge in [-0.2, -0.15) is 0 Å². The third-order valence-electron chi connectivity index (χ3n) is 8.18. The molecule has 1 aliphatic carbocycles.